The molecule has 5 rings (SSSR count). The predicted molar refractivity (Wildman–Crippen MR) is 108 cm³/mol. The van der Waals surface area contributed by atoms with Crippen LogP contribution in [0.5, 0.6) is 0 Å². The second-order valence-electron chi connectivity index (χ2n) is 7.88. The molecule has 3 aromatic heterocycles. The van der Waals surface area contributed by atoms with Gasteiger partial charge in [-0.25, -0.2) is 14.4 Å². The van der Waals surface area contributed by atoms with Crippen LogP contribution in [0.3, 0.4) is 0 Å². The lowest BCUT2D eigenvalue weighted by Crippen LogP contribution is -2.41. The average Bonchev–Trinajstić information content (AvgIpc) is 3.41. The first-order chi connectivity index (χ1) is 14.4. The number of carbonyl (C=O) groups excluding carboxylic acids is 1. The van der Waals surface area contributed by atoms with Crippen molar-refractivity contribution in [2.75, 3.05) is 6.54 Å². The van der Waals surface area contributed by atoms with Crippen LogP contribution in [-0.2, 0) is 12.1 Å². The van der Waals surface area contributed by atoms with E-state index in [4.69, 9.17) is 4.42 Å². The number of rotatable bonds is 3. The van der Waals surface area contributed by atoms with Crippen molar-refractivity contribution in [2.24, 2.45) is 0 Å². The number of aromatic amines is 1. The fourth-order valence-corrected chi connectivity index (χ4v) is 3.83. The highest BCUT2D eigenvalue weighted by molar-refractivity contribution is 5.92. The lowest BCUT2D eigenvalue weighted by molar-refractivity contribution is 0.0644. The SMILES string of the molecule is CC(C)(F)c1ncc(C(=O)N2CCc3[nH]cnc3C2c2cc3ccccc3cn2)o1. The van der Waals surface area contributed by atoms with Gasteiger partial charge in [-0.1, -0.05) is 24.3 Å². The smallest absolute Gasteiger partial charge is 0.292 e. The molecule has 0 bridgehead atoms. The Morgan fingerprint density at radius 2 is 2.00 bits per heavy atom. The summed E-state index contributed by atoms with van der Waals surface area (Å²) in [5.41, 5.74) is 0.667. The maximum atomic E-state index is 14.2. The molecule has 0 radical (unpaired) electrons. The fourth-order valence-electron chi connectivity index (χ4n) is 3.83. The zero-order valence-electron chi connectivity index (χ0n) is 16.6. The molecule has 1 aromatic carbocycles. The van der Waals surface area contributed by atoms with Gasteiger partial charge in [0.2, 0.25) is 11.7 Å². The van der Waals surface area contributed by atoms with E-state index in [-0.39, 0.29) is 17.6 Å². The third-order valence-electron chi connectivity index (χ3n) is 5.34. The Morgan fingerprint density at radius 1 is 1.20 bits per heavy atom. The molecule has 4 aromatic rings. The predicted octanol–water partition coefficient (Wildman–Crippen LogP) is 3.94. The second kappa shape index (κ2) is 6.76. The molecule has 1 unspecified atom stereocenters. The van der Waals surface area contributed by atoms with Gasteiger partial charge in [0.1, 0.15) is 6.04 Å². The van der Waals surface area contributed by atoms with Gasteiger partial charge in [0.05, 0.1) is 23.9 Å². The number of halogens is 1. The molecule has 1 aliphatic rings. The molecule has 1 N–H and O–H groups in total. The van der Waals surface area contributed by atoms with Gasteiger partial charge in [-0.15, -0.1) is 0 Å². The Hall–Kier alpha value is -3.55. The van der Waals surface area contributed by atoms with E-state index in [9.17, 15) is 9.18 Å². The van der Waals surface area contributed by atoms with E-state index in [2.05, 4.69) is 19.9 Å². The van der Waals surface area contributed by atoms with Crippen molar-refractivity contribution in [3.05, 3.63) is 77.8 Å². The third kappa shape index (κ3) is 3.04. The number of fused-ring (bicyclic) bond motifs is 2. The Morgan fingerprint density at radius 3 is 2.77 bits per heavy atom. The number of nitrogens with zero attached hydrogens (tertiary/aromatic N) is 4. The van der Waals surface area contributed by atoms with Gasteiger partial charge >= 0.3 is 0 Å². The number of hydrogen-bond donors (Lipinski definition) is 1. The molecule has 0 fully saturated rings. The van der Waals surface area contributed by atoms with E-state index >= 15 is 0 Å². The fraction of sp³-hybridized carbons (Fsp3) is 0.273. The van der Waals surface area contributed by atoms with Crippen molar-refractivity contribution < 1.29 is 13.6 Å². The summed E-state index contributed by atoms with van der Waals surface area (Å²) in [7, 11) is 0. The van der Waals surface area contributed by atoms with E-state index in [1.165, 1.54) is 20.0 Å². The van der Waals surface area contributed by atoms with Gasteiger partial charge < -0.3 is 14.3 Å². The molecule has 30 heavy (non-hydrogen) atoms. The molecule has 8 heteroatoms. The molecule has 1 atom stereocenters. The average molecular weight is 405 g/mol. The molecule has 0 saturated heterocycles. The van der Waals surface area contributed by atoms with Gasteiger partial charge in [0, 0.05) is 30.2 Å². The summed E-state index contributed by atoms with van der Waals surface area (Å²) in [6.45, 7) is 3.12. The summed E-state index contributed by atoms with van der Waals surface area (Å²) in [6.07, 6.45) is 5.34. The van der Waals surface area contributed by atoms with Gasteiger partial charge in [0.25, 0.3) is 5.91 Å². The first-order valence-electron chi connectivity index (χ1n) is 9.75. The zero-order chi connectivity index (χ0) is 20.9. The molecule has 1 amide bonds. The maximum Gasteiger partial charge on any atom is 0.292 e. The van der Waals surface area contributed by atoms with Crippen molar-refractivity contribution in [3.63, 3.8) is 0 Å². The van der Waals surface area contributed by atoms with Crippen LogP contribution in [0, 0.1) is 0 Å². The number of nitrogens with one attached hydrogen (secondary N) is 1. The standard InChI is InChI=1S/C22H20FN5O2/c1-22(2,23)21-25-11-17(30-21)20(29)28-8-7-15-18(27-12-26-15)19(28)16-9-13-5-3-4-6-14(13)10-24-16/h3-6,9-12,19H,7-8H2,1-2H3,(H,26,27). The highest BCUT2D eigenvalue weighted by Gasteiger charge is 2.37. The summed E-state index contributed by atoms with van der Waals surface area (Å²) in [4.78, 5) is 31.2. The van der Waals surface area contributed by atoms with Crippen LogP contribution in [0.4, 0.5) is 4.39 Å². The summed E-state index contributed by atoms with van der Waals surface area (Å²) in [5, 5.41) is 2.04. The number of carbonyl (C=O) groups is 1. The Bertz CT molecular complexity index is 1240. The molecule has 1 aliphatic heterocycles. The number of alkyl halides is 1. The topological polar surface area (TPSA) is 87.9 Å². The highest BCUT2D eigenvalue weighted by Crippen LogP contribution is 2.35. The summed E-state index contributed by atoms with van der Waals surface area (Å²) in [6, 6.07) is 9.41. The third-order valence-corrected chi connectivity index (χ3v) is 5.34. The summed E-state index contributed by atoms with van der Waals surface area (Å²) >= 11 is 0. The van der Waals surface area contributed by atoms with Crippen molar-refractivity contribution in [1.82, 2.24) is 24.8 Å². The monoisotopic (exact) mass is 405 g/mol. The van der Waals surface area contributed by atoms with Crippen molar-refractivity contribution in [1.29, 1.82) is 0 Å². The van der Waals surface area contributed by atoms with Crippen LogP contribution < -0.4 is 0 Å². The Balaban J connectivity index is 1.58. The Labute approximate surface area is 172 Å². The largest absolute Gasteiger partial charge is 0.432 e. The highest BCUT2D eigenvalue weighted by atomic mass is 19.1. The lowest BCUT2D eigenvalue weighted by Gasteiger charge is -2.34. The van der Waals surface area contributed by atoms with E-state index in [1.807, 2.05) is 30.3 Å². The molecule has 152 valence electrons. The quantitative estimate of drug-likeness (QED) is 0.558. The molecule has 0 saturated carbocycles. The van der Waals surface area contributed by atoms with Crippen LogP contribution >= 0.6 is 0 Å². The molecule has 4 heterocycles. The van der Waals surface area contributed by atoms with Gasteiger partial charge in [-0.3, -0.25) is 9.78 Å². The lowest BCUT2D eigenvalue weighted by atomic mass is 9.97. The Kier molecular flexibility index (Phi) is 4.16. The molecule has 0 spiro atoms. The van der Waals surface area contributed by atoms with E-state index in [0.29, 0.717) is 18.7 Å². The first kappa shape index (κ1) is 18.5. The molecular weight excluding hydrogens is 385 g/mol. The van der Waals surface area contributed by atoms with Crippen molar-refractivity contribution >= 4 is 16.7 Å². The van der Waals surface area contributed by atoms with Crippen LogP contribution in [0.1, 0.15) is 53.4 Å². The van der Waals surface area contributed by atoms with Gasteiger partial charge in [0.15, 0.2) is 5.67 Å². The first-order valence-corrected chi connectivity index (χ1v) is 9.75. The number of aromatic nitrogens is 4. The minimum Gasteiger partial charge on any atom is -0.432 e. The zero-order valence-corrected chi connectivity index (χ0v) is 16.6. The number of pyridine rings is 1. The van der Waals surface area contributed by atoms with Gasteiger partial charge in [-0.05, 0) is 25.3 Å². The summed E-state index contributed by atoms with van der Waals surface area (Å²) < 4.78 is 19.6. The molecule has 7 nitrogen and oxygen atoms in total. The maximum absolute atomic E-state index is 14.2. The van der Waals surface area contributed by atoms with Gasteiger partial charge in [-0.2, -0.15) is 0 Å². The normalized spacial score (nSPS) is 16.6. The second-order valence-corrected chi connectivity index (χ2v) is 7.88. The number of benzene rings is 1. The van der Waals surface area contributed by atoms with E-state index < -0.39 is 11.7 Å². The van der Waals surface area contributed by atoms with Crippen molar-refractivity contribution in [2.45, 2.75) is 32.0 Å². The number of imidazole rings is 1. The molecular formula is C22H20FN5O2. The minimum absolute atomic E-state index is 0.000463. The number of oxazole rings is 1. The van der Waals surface area contributed by atoms with Crippen molar-refractivity contribution in [3.8, 4) is 0 Å². The summed E-state index contributed by atoms with van der Waals surface area (Å²) in [5.74, 6) is -0.490. The van der Waals surface area contributed by atoms with E-state index in [0.717, 1.165) is 22.2 Å². The molecule has 0 aliphatic carbocycles. The van der Waals surface area contributed by atoms with E-state index in [1.54, 1.807) is 17.4 Å². The minimum atomic E-state index is -1.77. The van der Waals surface area contributed by atoms with Crippen LogP contribution in [-0.4, -0.2) is 37.3 Å². The number of amides is 1. The number of hydrogen-bond acceptors (Lipinski definition) is 5. The van der Waals surface area contributed by atoms with Crippen LogP contribution in [0.25, 0.3) is 10.8 Å². The number of H-pyrrole nitrogens is 1. The van der Waals surface area contributed by atoms with Crippen LogP contribution in [0.2, 0.25) is 0 Å². The van der Waals surface area contributed by atoms with Crippen LogP contribution in [0.15, 0.2) is 53.5 Å².